The molecule has 1 N–H and O–H groups in total. The fourth-order valence-corrected chi connectivity index (χ4v) is 2.34. The van der Waals surface area contributed by atoms with Gasteiger partial charge in [-0.15, -0.1) is 0 Å². The Morgan fingerprint density at radius 2 is 2.33 bits per heavy atom. The van der Waals surface area contributed by atoms with Crippen LogP contribution in [0.4, 0.5) is 10.1 Å². The zero-order valence-electron chi connectivity index (χ0n) is 10.7. The molecule has 2 rings (SSSR count). The molecule has 0 amide bonds. The number of nitrogens with zero attached hydrogens (tertiary/aromatic N) is 1. The van der Waals surface area contributed by atoms with Gasteiger partial charge in [-0.3, -0.25) is 0 Å². The van der Waals surface area contributed by atoms with E-state index in [4.69, 9.17) is 9.84 Å². The number of benzene rings is 1. The molecule has 18 heavy (non-hydrogen) atoms. The third-order valence-electron chi connectivity index (χ3n) is 3.37. The highest BCUT2D eigenvalue weighted by atomic mass is 19.1. The monoisotopic (exact) mass is 253 g/mol. The van der Waals surface area contributed by atoms with Crippen LogP contribution in [0.1, 0.15) is 25.3 Å². The highest BCUT2D eigenvalue weighted by molar-refractivity contribution is 5.49. The molecule has 4 heteroatoms. The first-order valence-electron chi connectivity index (χ1n) is 6.50. The summed E-state index contributed by atoms with van der Waals surface area (Å²) in [5.41, 5.74) is 1.19. The summed E-state index contributed by atoms with van der Waals surface area (Å²) in [5.74, 6) is -0.276. The lowest BCUT2D eigenvalue weighted by Crippen LogP contribution is -2.32. The SMILES string of the molecule is CCN(CC1CCCO1)c1ccc(CO)cc1F. The summed E-state index contributed by atoms with van der Waals surface area (Å²) in [4.78, 5) is 1.99. The molecule has 1 unspecified atom stereocenters. The first-order valence-corrected chi connectivity index (χ1v) is 6.50. The van der Waals surface area contributed by atoms with Crippen molar-refractivity contribution in [3.05, 3.63) is 29.6 Å². The Balaban J connectivity index is 2.10. The van der Waals surface area contributed by atoms with Crippen LogP contribution in [0.5, 0.6) is 0 Å². The van der Waals surface area contributed by atoms with Crippen LogP contribution in [-0.4, -0.2) is 30.9 Å². The number of anilines is 1. The van der Waals surface area contributed by atoms with Crippen molar-refractivity contribution in [2.75, 3.05) is 24.6 Å². The highest BCUT2D eigenvalue weighted by Crippen LogP contribution is 2.23. The van der Waals surface area contributed by atoms with E-state index in [1.807, 2.05) is 11.8 Å². The van der Waals surface area contributed by atoms with Gasteiger partial charge in [-0.2, -0.15) is 0 Å². The summed E-state index contributed by atoms with van der Waals surface area (Å²) in [7, 11) is 0. The van der Waals surface area contributed by atoms with Crippen molar-refractivity contribution in [3.63, 3.8) is 0 Å². The smallest absolute Gasteiger partial charge is 0.146 e. The van der Waals surface area contributed by atoms with Crippen LogP contribution in [0.25, 0.3) is 0 Å². The molecule has 0 spiro atoms. The number of aliphatic hydroxyl groups excluding tert-OH is 1. The second kappa shape index (κ2) is 6.16. The van der Waals surface area contributed by atoms with E-state index >= 15 is 0 Å². The minimum Gasteiger partial charge on any atom is -0.392 e. The Morgan fingerprint density at radius 3 is 2.89 bits per heavy atom. The van der Waals surface area contributed by atoms with Gasteiger partial charge in [-0.1, -0.05) is 6.07 Å². The van der Waals surface area contributed by atoms with Crippen LogP contribution in [0, 0.1) is 5.82 Å². The number of likely N-dealkylation sites (N-methyl/N-ethyl adjacent to an activating group) is 1. The van der Waals surface area contributed by atoms with Gasteiger partial charge in [0.15, 0.2) is 0 Å². The third-order valence-corrected chi connectivity index (χ3v) is 3.37. The normalized spacial score (nSPS) is 19.2. The lowest BCUT2D eigenvalue weighted by atomic mass is 10.1. The number of hydrogen-bond acceptors (Lipinski definition) is 3. The highest BCUT2D eigenvalue weighted by Gasteiger charge is 2.20. The van der Waals surface area contributed by atoms with E-state index in [2.05, 4.69) is 0 Å². The molecule has 1 aliphatic heterocycles. The van der Waals surface area contributed by atoms with Gasteiger partial charge in [0.25, 0.3) is 0 Å². The Hall–Kier alpha value is -1.13. The third kappa shape index (κ3) is 3.00. The van der Waals surface area contributed by atoms with Gasteiger partial charge in [-0.05, 0) is 37.5 Å². The van der Waals surface area contributed by atoms with Crippen LogP contribution in [0.15, 0.2) is 18.2 Å². The number of halogens is 1. The molecule has 0 aromatic heterocycles. The lowest BCUT2D eigenvalue weighted by Gasteiger charge is -2.26. The minimum atomic E-state index is -0.276. The molecule has 1 saturated heterocycles. The maximum atomic E-state index is 14.0. The second-order valence-corrected chi connectivity index (χ2v) is 4.62. The Bertz CT molecular complexity index is 391. The van der Waals surface area contributed by atoms with Crippen LogP contribution >= 0.6 is 0 Å². The van der Waals surface area contributed by atoms with Crippen molar-refractivity contribution in [3.8, 4) is 0 Å². The van der Waals surface area contributed by atoms with E-state index in [-0.39, 0.29) is 18.5 Å². The Kier molecular flexibility index (Phi) is 4.55. The van der Waals surface area contributed by atoms with Gasteiger partial charge in [0.05, 0.1) is 18.4 Å². The van der Waals surface area contributed by atoms with Gasteiger partial charge in [0, 0.05) is 19.7 Å². The van der Waals surface area contributed by atoms with Crippen molar-refractivity contribution in [1.82, 2.24) is 0 Å². The molecular weight excluding hydrogens is 233 g/mol. The summed E-state index contributed by atoms with van der Waals surface area (Å²) in [6, 6.07) is 4.89. The zero-order valence-corrected chi connectivity index (χ0v) is 10.7. The van der Waals surface area contributed by atoms with E-state index < -0.39 is 0 Å². The predicted molar refractivity (Wildman–Crippen MR) is 69.2 cm³/mol. The first-order chi connectivity index (χ1) is 8.74. The zero-order chi connectivity index (χ0) is 13.0. The van der Waals surface area contributed by atoms with E-state index in [9.17, 15) is 4.39 Å². The first kappa shape index (κ1) is 13.3. The van der Waals surface area contributed by atoms with Crippen LogP contribution in [0.2, 0.25) is 0 Å². The van der Waals surface area contributed by atoms with Crippen molar-refractivity contribution >= 4 is 5.69 Å². The molecule has 0 saturated carbocycles. The minimum absolute atomic E-state index is 0.130. The molecule has 1 aromatic rings. The molecule has 1 atom stereocenters. The Labute approximate surface area is 107 Å². The molecule has 1 fully saturated rings. The number of aliphatic hydroxyl groups is 1. The van der Waals surface area contributed by atoms with Gasteiger partial charge in [-0.25, -0.2) is 4.39 Å². The quantitative estimate of drug-likeness (QED) is 0.874. The summed E-state index contributed by atoms with van der Waals surface area (Å²) in [6.07, 6.45) is 2.35. The van der Waals surface area contributed by atoms with E-state index in [1.54, 1.807) is 12.1 Å². The van der Waals surface area contributed by atoms with Crippen molar-refractivity contribution < 1.29 is 14.2 Å². The van der Waals surface area contributed by atoms with E-state index in [0.717, 1.165) is 32.5 Å². The summed E-state index contributed by atoms with van der Waals surface area (Å²) < 4.78 is 19.5. The van der Waals surface area contributed by atoms with Crippen molar-refractivity contribution in [1.29, 1.82) is 0 Å². The van der Waals surface area contributed by atoms with Crippen molar-refractivity contribution in [2.45, 2.75) is 32.5 Å². The van der Waals surface area contributed by atoms with Gasteiger partial charge in [0.1, 0.15) is 5.82 Å². The average Bonchev–Trinajstić information content (AvgIpc) is 2.89. The maximum Gasteiger partial charge on any atom is 0.146 e. The number of rotatable bonds is 5. The van der Waals surface area contributed by atoms with E-state index in [0.29, 0.717) is 11.3 Å². The molecule has 0 bridgehead atoms. The van der Waals surface area contributed by atoms with Gasteiger partial charge in [0.2, 0.25) is 0 Å². The fraction of sp³-hybridized carbons (Fsp3) is 0.571. The molecule has 1 aliphatic rings. The van der Waals surface area contributed by atoms with Crippen LogP contribution in [-0.2, 0) is 11.3 Å². The molecule has 1 aromatic carbocycles. The number of hydrogen-bond donors (Lipinski definition) is 1. The standard InChI is InChI=1S/C14H20FNO2/c1-2-16(9-12-4-3-7-18-12)14-6-5-11(10-17)8-13(14)15/h5-6,8,12,17H,2-4,7,9-10H2,1H3. The molecule has 0 radical (unpaired) electrons. The Morgan fingerprint density at radius 1 is 1.50 bits per heavy atom. The number of ether oxygens (including phenoxy) is 1. The fourth-order valence-electron chi connectivity index (χ4n) is 2.34. The largest absolute Gasteiger partial charge is 0.392 e. The van der Waals surface area contributed by atoms with Crippen LogP contribution < -0.4 is 4.90 Å². The molecule has 0 aliphatic carbocycles. The predicted octanol–water partition coefficient (Wildman–Crippen LogP) is 2.32. The lowest BCUT2D eigenvalue weighted by molar-refractivity contribution is 0.115. The molecule has 100 valence electrons. The molecule has 1 heterocycles. The molecular formula is C14H20FNO2. The summed E-state index contributed by atoms with van der Waals surface area (Å²) >= 11 is 0. The summed E-state index contributed by atoms with van der Waals surface area (Å²) in [5, 5.41) is 8.98. The van der Waals surface area contributed by atoms with Gasteiger partial charge >= 0.3 is 0 Å². The van der Waals surface area contributed by atoms with E-state index in [1.165, 1.54) is 6.07 Å². The summed E-state index contributed by atoms with van der Waals surface area (Å²) in [6.45, 7) is 4.17. The maximum absolute atomic E-state index is 14.0. The second-order valence-electron chi connectivity index (χ2n) is 4.62. The molecule has 3 nitrogen and oxygen atoms in total. The van der Waals surface area contributed by atoms with Crippen LogP contribution in [0.3, 0.4) is 0 Å². The van der Waals surface area contributed by atoms with Gasteiger partial charge < -0.3 is 14.7 Å². The topological polar surface area (TPSA) is 32.7 Å². The average molecular weight is 253 g/mol. The van der Waals surface area contributed by atoms with Crippen molar-refractivity contribution in [2.24, 2.45) is 0 Å².